The zero-order valence-electron chi connectivity index (χ0n) is 21.4. The van der Waals surface area contributed by atoms with Gasteiger partial charge < -0.3 is 14.3 Å². The van der Waals surface area contributed by atoms with Crippen LogP contribution in [0.2, 0.25) is 5.02 Å². The molecule has 0 bridgehead atoms. The molecule has 200 valence electrons. The molecule has 1 aromatic heterocycles. The second-order valence-corrected chi connectivity index (χ2v) is 10.9. The average molecular weight is 561 g/mol. The van der Waals surface area contributed by atoms with E-state index in [9.17, 15) is 9.59 Å². The largest absolute Gasteiger partial charge is 0.337 e. The Hall–Kier alpha value is -3.62. The number of amides is 2. The van der Waals surface area contributed by atoms with Crippen LogP contribution in [0.3, 0.4) is 0 Å². The predicted octanol–water partition coefficient (Wildman–Crippen LogP) is 6.26. The normalized spacial score (nSPS) is 15.2. The monoisotopic (exact) mass is 560 g/mol. The van der Waals surface area contributed by atoms with Gasteiger partial charge in [0.15, 0.2) is 0 Å². The molecule has 1 saturated heterocycles. The second kappa shape index (κ2) is 13.0. The number of halogens is 1. The maximum absolute atomic E-state index is 13.7. The Morgan fingerprint density at radius 2 is 1.69 bits per heavy atom. The summed E-state index contributed by atoms with van der Waals surface area (Å²) in [6.07, 6.45) is 2.56. The molecule has 0 aliphatic carbocycles. The van der Waals surface area contributed by atoms with E-state index in [0.717, 1.165) is 35.3 Å². The first-order chi connectivity index (χ1) is 19.1. The van der Waals surface area contributed by atoms with Crippen LogP contribution in [-0.2, 0) is 16.1 Å². The number of nitrogens with zero attached hydrogens (tertiary/aromatic N) is 4. The number of thioether (sulfide) groups is 1. The standard InChI is InChI=1S/C30H29ClN4O3S/c31-24-16-14-23(15-17-24)29-32-30(38-33-29)26-13-7-8-18-35(26)27(36)20-34(19-22-9-3-1-4-10-22)28(37)21-39-25-11-5-2-6-12-25/h1-6,9-12,14-17,26H,7-8,13,18-21H2. The van der Waals surface area contributed by atoms with Crippen molar-refractivity contribution < 1.29 is 14.1 Å². The van der Waals surface area contributed by atoms with E-state index in [1.165, 1.54) is 11.8 Å². The summed E-state index contributed by atoms with van der Waals surface area (Å²) < 4.78 is 5.63. The van der Waals surface area contributed by atoms with Crippen LogP contribution in [0.5, 0.6) is 0 Å². The molecule has 1 aliphatic rings. The first-order valence-electron chi connectivity index (χ1n) is 13.0. The van der Waals surface area contributed by atoms with Gasteiger partial charge in [-0.05, 0) is 61.2 Å². The number of benzene rings is 3. The molecule has 2 heterocycles. The molecule has 39 heavy (non-hydrogen) atoms. The highest BCUT2D eigenvalue weighted by Gasteiger charge is 2.33. The van der Waals surface area contributed by atoms with Crippen molar-refractivity contribution in [2.75, 3.05) is 18.8 Å². The minimum absolute atomic E-state index is 0.0161. The zero-order chi connectivity index (χ0) is 27.0. The van der Waals surface area contributed by atoms with E-state index in [1.54, 1.807) is 21.9 Å². The third-order valence-electron chi connectivity index (χ3n) is 6.65. The molecular weight excluding hydrogens is 532 g/mol. The fourth-order valence-electron chi connectivity index (χ4n) is 4.62. The molecule has 1 atom stereocenters. The average Bonchev–Trinajstić information content (AvgIpc) is 3.47. The summed E-state index contributed by atoms with van der Waals surface area (Å²) in [5.74, 6) is 0.908. The molecule has 0 spiro atoms. The predicted molar refractivity (Wildman–Crippen MR) is 152 cm³/mol. The molecule has 7 nitrogen and oxygen atoms in total. The molecule has 1 unspecified atom stereocenters. The van der Waals surface area contributed by atoms with E-state index in [0.29, 0.717) is 29.8 Å². The molecule has 1 aliphatic heterocycles. The van der Waals surface area contributed by atoms with E-state index in [2.05, 4.69) is 10.1 Å². The van der Waals surface area contributed by atoms with E-state index in [1.807, 2.05) is 72.8 Å². The minimum atomic E-state index is -0.327. The number of likely N-dealkylation sites (tertiary alicyclic amines) is 1. The fraction of sp³-hybridized carbons (Fsp3) is 0.267. The zero-order valence-corrected chi connectivity index (χ0v) is 23.0. The topological polar surface area (TPSA) is 79.5 Å². The van der Waals surface area contributed by atoms with Crippen LogP contribution in [-0.4, -0.2) is 50.6 Å². The fourth-order valence-corrected chi connectivity index (χ4v) is 5.57. The molecule has 1 fully saturated rings. The molecule has 0 N–H and O–H groups in total. The van der Waals surface area contributed by atoms with Gasteiger partial charge in [0.1, 0.15) is 12.6 Å². The molecule has 0 radical (unpaired) electrons. The van der Waals surface area contributed by atoms with Crippen LogP contribution in [0.25, 0.3) is 11.4 Å². The van der Waals surface area contributed by atoms with Crippen LogP contribution >= 0.6 is 23.4 Å². The Labute approximate surface area is 237 Å². The third kappa shape index (κ3) is 7.07. The SMILES string of the molecule is O=C(CSc1ccccc1)N(CC(=O)N1CCCCC1c1nc(-c2ccc(Cl)cc2)no1)Cc1ccccc1. The Morgan fingerprint density at radius 1 is 0.974 bits per heavy atom. The molecule has 4 aromatic rings. The maximum Gasteiger partial charge on any atom is 0.249 e. The lowest BCUT2D eigenvalue weighted by atomic mass is 10.0. The second-order valence-electron chi connectivity index (χ2n) is 9.40. The summed E-state index contributed by atoms with van der Waals surface area (Å²) in [4.78, 5) is 36.1. The van der Waals surface area contributed by atoms with Crippen molar-refractivity contribution in [3.8, 4) is 11.4 Å². The lowest BCUT2D eigenvalue weighted by molar-refractivity contribution is -0.142. The van der Waals surface area contributed by atoms with Crippen molar-refractivity contribution in [1.29, 1.82) is 0 Å². The maximum atomic E-state index is 13.7. The number of piperidine rings is 1. The van der Waals surface area contributed by atoms with Crippen LogP contribution < -0.4 is 0 Å². The van der Waals surface area contributed by atoms with Crippen molar-refractivity contribution in [2.45, 2.75) is 36.7 Å². The van der Waals surface area contributed by atoms with E-state index in [-0.39, 0.29) is 30.2 Å². The minimum Gasteiger partial charge on any atom is -0.337 e. The Bertz CT molecular complexity index is 1380. The molecular formula is C30H29ClN4O3S. The van der Waals surface area contributed by atoms with Gasteiger partial charge in [0.25, 0.3) is 0 Å². The summed E-state index contributed by atoms with van der Waals surface area (Å²) in [6.45, 7) is 0.923. The van der Waals surface area contributed by atoms with Crippen LogP contribution in [0.15, 0.2) is 94.3 Å². The molecule has 5 rings (SSSR count). The third-order valence-corrected chi connectivity index (χ3v) is 7.90. The summed E-state index contributed by atoms with van der Waals surface area (Å²) >= 11 is 7.48. The Morgan fingerprint density at radius 3 is 2.44 bits per heavy atom. The molecule has 3 aromatic carbocycles. The highest BCUT2D eigenvalue weighted by molar-refractivity contribution is 8.00. The van der Waals surface area contributed by atoms with Gasteiger partial charge in [0, 0.05) is 28.6 Å². The molecule has 2 amide bonds. The number of carbonyl (C=O) groups is 2. The van der Waals surface area contributed by atoms with Crippen molar-refractivity contribution in [3.05, 3.63) is 101 Å². The van der Waals surface area contributed by atoms with Gasteiger partial charge in [-0.25, -0.2) is 0 Å². The molecule has 0 saturated carbocycles. The Kier molecular flexibility index (Phi) is 8.96. The van der Waals surface area contributed by atoms with E-state index < -0.39 is 0 Å². The van der Waals surface area contributed by atoms with Gasteiger partial charge in [-0.15, -0.1) is 11.8 Å². The van der Waals surface area contributed by atoms with Gasteiger partial charge >= 0.3 is 0 Å². The van der Waals surface area contributed by atoms with E-state index >= 15 is 0 Å². The summed E-state index contributed by atoms with van der Waals surface area (Å²) in [5, 5.41) is 4.78. The van der Waals surface area contributed by atoms with Crippen molar-refractivity contribution in [1.82, 2.24) is 19.9 Å². The number of hydrogen-bond donors (Lipinski definition) is 0. The first kappa shape index (κ1) is 27.0. The van der Waals surface area contributed by atoms with Crippen LogP contribution in [0, 0.1) is 0 Å². The van der Waals surface area contributed by atoms with Crippen molar-refractivity contribution in [3.63, 3.8) is 0 Å². The number of rotatable bonds is 9. The van der Waals surface area contributed by atoms with Gasteiger partial charge in [0.2, 0.25) is 23.5 Å². The highest BCUT2D eigenvalue weighted by Crippen LogP contribution is 2.32. The summed E-state index contributed by atoms with van der Waals surface area (Å²) in [5.41, 5.74) is 1.77. The quantitative estimate of drug-likeness (QED) is 0.225. The number of aromatic nitrogens is 2. The van der Waals surface area contributed by atoms with Crippen LogP contribution in [0.4, 0.5) is 0 Å². The summed E-state index contributed by atoms with van der Waals surface area (Å²) in [6, 6.07) is 26.4. The Balaban J connectivity index is 1.31. The van der Waals surface area contributed by atoms with Crippen LogP contribution in [0.1, 0.15) is 36.8 Å². The number of carbonyl (C=O) groups excluding carboxylic acids is 2. The summed E-state index contributed by atoms with van der Waals surface area (Å²) in [7, 11) is 0. The lowest BCUT2D eigenvalue weighted by Crippen LogP contribution is -2.46. The van der Waals surface area contributed by atoms with Gasteiger partial charge in [-0.1, -0.05) is 65.3 Å². The van der Waals surface area contributed by atoms with Crippen molar-refractivity contribution in [2.24, 2.45) is 0 Å². The van der Waals surface area contributed by atoms with Gasteiger partial charge in [-0.2, -0.15) is 4.98 Å². The highest BCUT2D eigenvalue weighted by atomic mass is 35.5. The van der Waals surface area contributed by atoms with E-state index in [4.69, 9.17) is 16.1 Å². The van der Waals surface area contributed by atoms with Gasteiger partial charge in [-0.3, -0.25) is 9.59 Å². The first-order valence-corrected chi connectivity index (χ1v) is 14.3. The smallest absolute Gasteiger partial charge is 0.249 e. The lowest BCUT2D eigenvalue weighted by Gasteiger charge is -2.35. The van der Waals surface area contributed by atoms with Crippen molar-refractivity contribution >= 4 is 35.2 Å². The molecule has 9 heteroatoms. The van der Waals surface area contributed by atoms with Gasteiger partial charge in [0.05, 0.1) is 5.75 Å². The number of hydrogen-bond acceptors (Lipinski definition) is 6.